The van der Waals surface area contributed by atoms with Crippen molar-refractivity contribution in [2.75, 3.05) is 20.3 Å². The van der Waals surface area contributed by atoms with Crippen molar-refractivity contribution >= 4 is 11.7 Å². The van der Waals surface area contributed by atoms with Gasteiger partial charge in [-0.3, -0.25) is 14.8 Å². The zero-order chi connectivity index (χ0) is 19.2. The van der Waals surface area contributed by atoms with Gasteiger partial charge < -0.3 is 15.4 Å². The Labute approximate surface area is 160 Å². The highest BCUT2D eigenvalue weighted by atomic mass is 16.5. The Morgan fingerprint density at radius 2 is 2.07 bits per heavy atom. The van der Waals surface area contributed by atoms with E-state index in [4.69, 9.17) is 4.74 Å². The number of amidine groups is 1. The summed E-state index contributed by atoms with van der Waals surface area (Å²) in [6, 6.07) is 9.91. The molecule has 1 aliphatic rings. The molecule has 6 nitrogen and oxygen atoms in total. The van der Waals surface area contributed by atoms with Gasteiger partial charge in [0.25, 0.3) is 0 Å². The average molecular weight is 366 g/mol. The van der Waals surface area contributed by atoms with E-state index >= 15 is 0 Å². The number of carbonyl (C=O) groups is 1. The van der Waals surface area contributed by atoms with E-state index in [0.717, 1.165) is 34.8 Å². The molecule has 0 saturated heterocycles. The van der Waals surface area contributed by atoms with Crippen molar-refractivity contribution in [3.63, 3.8) is 0 Å². The fourth-order valence-corrected chi connectivity index (χ4v) is 3.15. The Kier molecular flexibility index (Phi) is 6.19. The number of carbonyl (C=O) groups excluding carboxylic acids is 1. The van der Waals surface area contributed by atoms with Gasteiger partial charge in [-0.05, 0) is 31.0 Å². The normalized spacial score (nSPS) is 13.7. The first-order chi connectivity index (χ1) is 13.1. The highest BCUT2D eigenvalue weighted by Crippen LogP contribution is 2.19. The van der Waals surface area contributed by atoms with Crippen molar-refractivity contribution in [1.82, 2.24) is 15.6 Å². The van der Waals surface area contributed by atoms with Gasteiger partial charge in [0.2, 0.25) is 5.91 Å². The SMILES string of the molecule is CCNC1=NCc2cc(CC(=O)N[C@@H](COC)c3ccc(C)cc3)ncc21. The lowest BCUT2D eigenvalue weighted by Gasteiger charge is -2.18. The molecule has 1 atom stereocenters. The van der Waals surface area contributed by atoms with E-state index in [2.05, 4.69) is 20.6 Å². The Morgan fingerprint density at radius 3 is 2.78 bits per heavy atom. The molecule has 1 aliphatic heterocycles. The van der Waals surface area contributed by atoms with Crippen molar-refractivity contribution in [2.24, 2.45) is 4.99 Å². The van der Waals surface area contributed by atoms with Crippen molar-refractivity contribution in [2.45, 2.75) is 32.9 Å². The number of fused-ring (bicyclic) bond motifs is 1. The van der Waals surface area contributed by atoms with Crippen molar-refractivity contribution in [3.05, 3.63) is 64.5 Å². The molecule has 0 bridgehead atoms. The Bertz CT molecular complexity index is 831. The first-order valence-corrected chi connectivity index (χ1v) is 9.22. The van der Waals surface area contributed by atoms with E-state index in [1.165, 1.54) is 5.56 Å². The van der Waals surface area contributed by atoms with Crippen LogP contribution in [0.15, 0.2) is 41.5 Å². The number of aromatic nitrogens is 1. The molecule has 6 heteroatoms. The van der Waals surface area contributed by atoms with Crippen LogP contribution in [0.4, 0.5) is 0 Å². The van der Waals surface area contributed by atoms with Gasteiger partial charge in [0.15, 0.2) is 0 Å². The first kappa shape index (κ1) is 19.0. The summed E-state index contributed by atoms with van der Waals surface area (Å²) in [5.41, 5.74) is 5.09. The van der Waals surface area contributed by atoms with Crippen LogP contribution in [0, 0.1) is 6.92 Å². The summed E-state index contributed by atoms with van der Waals surface area (Å²) in [7, 11) is 1.64. The smallest absolute Gasteiger partial charge is 0.226 e. The molecule has 2 heterocycles. The minimum absolute atomic E-state index is 0.0732. The zero-order valence-corrected chi connectivity index (χ0v) is 16.1. The Morgan fingerprint density at radius 1 is 1.30 bits per heavy atom. The predicted octanol–water partition coefficient (Wildman–Crippen LogP) is 2.31. The average Bonchev–Trinajstić information content (AvgIpc) is 3.04. The number of methoxy groups -OCH3 is 1. The van der Waals surface area contributed by atoms with Gasteiger partial charge in [-0.25, -0.2) is 0 Å². The summed E-state index contributed by atoms with van der Waals surface area (Å²) in [4.78, 5) is 21.5. The summed E-state index contributed by atoms with van der Waals surface area (Å²) in [5, 5.41) is 6.29. The number of amides is 1. The maximum absolute atomic E-state index is 12.6. The lowest BCUT2D eigenvalue weighted by molar-refractivity contribution is -0.121. The van der Waals surface area contributed by atoms with E-state index in [9.17, 15) is 4.79 Å². The molecule has 0 aliphatic carbocycles. The first-order valence-electron chi connectivity index (χ1n) is 9.22. The largest absolute Gasteiger partial charge is 0.382 e. The van der Waals surface area contributed by atoms with E-state index in [-0.39, 0.29) is 18.4 Å². The quantitative estimate of drug-likeness (QED) is 0.788. The number of nitrogens with zero attached hydrogens (tertiary/aromatic N) is 2. The molecular weight excluding hydrogens is 340 g/mol. The minimum atomic E-state index is -0.179. The van der Waals surface area contributed by atoms with Crippen LogP contribution in [0.3, 0.4) is 0 Å². The topological polar surface area (TPSA) is 75.6 Å². The third-order valence-electron chi connectivity index (χ3n) is 4.54. The third kappa shape index (κ3) is 4.71. The monoisotopic (exact) mass is 366 g/mol. The number of aliphatic imine (C=N–C) groups is 1. The van der Waals surface area contributed by atoms with Crippen LogP contribution in [0.1, 0.15) is 40.9 Å². The van der Waals surface area contributed by atoms with Gasteiger partial charge in [0.1, 0.15) is 5.84 Å². The van der Waals surface area contributed by atoms with Crippen molar-refractivity contribution < 1.29 is 9.53 Å². The molecule has 2 aromatic rings. The molecule has 0 radical (unpaired) electrons. The second-order valence-corrected chi connectivity index (χ2v) is 6.69. The van der Waals surface area contributed by atoms with Gasteiger partial charge >= 0.3 is 0 Å². The van der Waals surface area contributed by atoms with Gasteiger partial charge in [-0.2, -0.15) is 0 Å². The molecule has 0 fully saturated rings. The standard InChI is InChI=1S/C21H26N4O2/c1-4-22-21-18-12-23-17(9-16(18)11-24-21)10-20(26)25-19(13-27-3)15-7-5-14(2)6-8-15/h5-9,12,19H,4,10-11,13H2,1-3H3,(H,22,24)(H,25,26)/t19-/m0/s1. The number of aryl methyl sites for hydroxylation is 1. The van der Waals surface area contributed by atoms with Crippen LogP contribution in [-0.4, -0.2) is 37.0 Å². The maximum atomic E-state index is 12.6. The van der Waals surface area contributed by atoms with Gasteiger partial charge in [-0.15, -0.1) is 0 Å². The van der Waals surface area contributed by atoms with Crippen LogP contribution in [0.25, 0.3) is 0 Å². The molecule has 2 N–H and O–H groups in total. The van der Waals surface area contributed by atoms with E-state index in [0.29, 0.717) is 13.2 Å². The van der Waals surface area contributed by atoms with Crippen LogP contribution >= 0.6 is 0 Å². The molecule has 142 valence electrons. The predicted molar refractivity (Wildman–Crippen MR) is 106 cm³/mol. The van der Waals surface area contributed by atoms with Crippen molar-refractivity contribution in [1.29, 1.82) is 0 Å². The van der Waals surface area contributed by atoms with Gasteiger partial charge in [-0.1, -0.05) is 29.8 Å². The number of pyridine rings is 1. The fraction of sp³-hybridized carbons (Fsp3) is 0.381. The van der Waals surface area contributed by atoms with Crippen LogP contribution in [0.2, 0.25) is 0 Å². The molecule has 0 spiro atoms. The van der Waals surface area contributed by atoms with E-state index < -0.39 is 0 Å². The van der Waals surface area contributed by atoms with E-state index in [1.54, 1.807) is 13.3 Å². The number of nitrogens with one attached hydrogen (secondary N) is 2. The Hall–Kier alpha value is -2.73. The van der Waals surface area contributed by atoms with Crippen LogP contribution in [-0.2, 0) is 22.5 Å². The highest BCUT2D eigenvalue weighted by Gasteiger charge is 2.19. The second-order valence-electron chi connectivity index (χ2n) is 6.69. The second kappa shape index (κ2) is 8.77. The van der Waals surface area contributed by atoms with Crippen LogP contribution in [0.5, 0.6) is 0 Å². The molecule has 1 aromatic heterocycles. The number of ether oxygens (including phenoxy) is 1. The highest BCUT2D eigenvalue weighted by molar-refractivity contribution is 6.01. The fourth-order valence-electron chi connectivity index (χ4n) is 3.15. The van der Waals surface area contributed by atoms with Crippen molar-refractivity contribution in [3.8, 4) is 0 Å². The van der Waals surface area contributed by atoms with E-state index in [1.807, 2.05) is 44.2 Å². The minimum Gasteiger partial charge on any atom is -0.382 e. The lowest BCUT2D eigenvalue weighted by atomic mass is 10.1. The third-order valence-corrected chi connectivity index (χ3v) is 4.54. The summed E-state index contributed by atoms with van der Waals surface area (Å²) < 4.78 is 5.28. The molecular formula is C21H26N4O2. The van der Waals surface area contributed by atoms with Crippen LogP contribution < -0.4 is 10.6 Å². The number of benzene rings is 1. The molecule has 0 saturated carbocycles. The number of hydrogen-bond acceptors (Lipinski definition) is 5. The summed E-state index contributed by atoms with van der Waals surface area (Å²) in [6.45, 7) is 5.95. The summed E-state index contributed by atoms with van der Waals surface area (Å²) in [6.07, 6.45) is 2.04. The molecule has 3 rings (SSSR count). The number of rotatable bonds is 7. The lowest BCUT2D eigenvalue weighted by Crippen LogP contribution is -2.32. The maximum Gasteiger partial charge on any atom is 0.226 e. The summed E-state index contributed by atoms with van der Waals surface area (Å²) in [5.74, 6) is 0.812. The van der Waals surface area contributed by atoms with Gasteiger partial charge in [0, 0.05) is 25.4 Å². The molecule has 1 aromatic carbocycles. The summed E-state index contributed by atoms with van der Waals surface area (Å²) >= 11 is 0. The molecule has 27 heavy (non-hydrogen) atoms. The zero-order valence-electron chi connectivity index (χ0n) is 16.1. The van der Waals surface area contributed by atoms with Gasteiger partial charge in [0.05, 0.1) is 31.3 Å². The molecule has 1 amide bonds. The Balaban J connectivity index is 1.65. The molecule has 0 unspecified atom stereocenters. The number of hydrogen-bond donors (Lipinski definition) is 2.